The third-order valence-corrected chi connectivity index (χ3v) is 3.52. The van der Waals surface area contributed by atoms with Gasteiger partial charge in [0, 0.05) is 13.1 Å². The van der Waals surface area contributed by atoms with Crippen LogP contribution in [0.3, 0.4) is 0 Å². The maximum Gasteiger partial charge on any atom is 0.271 e. The highest BCUT2D eigenvalue weighted by Crippen LogP contribution is 2.28. The molecule has 0 radical (unpaired) electrons. The van der Waals surface area contributed by atoms with E-state index in [2.05, 4.69) is 27.8 Å². The lowest BCUT2D eigenvalue weighted by Gasteiger charge is -2.25. The second kappa shape index (κ2) is 7.07. The molecule has 104 valence electrons. The zero-order valence-electron chi connectivity index (χ0n) is 11.5. The minimum atomic E-state index is -0.131. The molecule has 0 spiro atoms. The fourth-order valence-corrected chi connectivity index (χ4v) is 2.06. The predicted octanol–water partition coefficient (Wildman–Crippen LogP) is 2.22. The Labute approximate surface area is 114 Å². The molecular formula is C14H22N4O. The summed E-state index contributed by atoms with van der Waals surface area (Å²) in [5, 5.41) is 14.0. The van der Waals surface area contributed by atoms with Crippen LogP contribution in [0.1, 0.15) is 49.5 Å². The smallest absolute Gasteiger partial charge is 0.271 e. The van der Waals surface area contributed by atoms with Gasteiger partial charge in [-0.2, -0.15) is 0 Å². The standard InChI is InChI=1S/C14H22N4O/c1-2-9-15-13-7-6-12(17-18-13)14(19)16-10-8-11-4-3-5-11/h6-7,11H,2-5,8-10H2,1H3,(H,15,18)(H,16,19). The van der Waals surface area contributed by atoms with Crippen molar-refractivity contribution in [2.24, 2.45) is 5.92 Å². The number of rotatable bonds is 7. The van der Waals surface area contributed by atoms with Gasteiger partial charge < -0.3 is 10.6 Å². The number of carbonyl (C=O) groups is 1. The minimum Gasteiger partial charge on any atom is -0.369 e. The number of aromatic nitrogens is 2. The molecule has 1 saturated carbocycles. The van der Waals surface area contributed by atoms with Gasteiger partial charge in [0.25, 0.3) is 5.91 Å². The van der Waals surface area contributed by atoms with Crippen LogP contribution in [0.5, 0.6) is 0 Å². The summed E-state index contributed by atoms with van der Waals surface area (Å²) in [6, 6.07) is 3.51. The van der Waals surface area contributed by atoms with Crippen LogP contribution in [0.4, 0.5) is 5.82 Å². The van der Waals surface area contributed by atoms with E-state index >= 15 is 0 Å². The van der Waals surface area contributed by atoms with Crippen molar-refractivity contribution in [2.45, 2.75) is 39.0 Å². The van der Waals surface area contributed by atoms with Gasteiger partial charge in [0.1, 0.15) is 5.82 Å². The number of nitrogens with zero attached hydrogens (tertiary/aromatic N) is 2. The van der Waals surface area contributed by atoms with Crippen LogP contribution in [-0.4, -0.2) is 29.2 Å². The van der Waals surface area contributed by atoms with E-state index in [9.17, 15) is 4.79 Å². The van der Waals surface area contributed by atoms with Gasteiger partial charge in [-0.25, -0.2) is 0 Å². The van der Waals surface area contributed by atoms with Gasteiger partial charge in [-0.15, -0.1) is 10.2 Å². The molecule has 2 N–H and O–H groups in total. The van der Waals surface area contributed by atoms with E-state index in [4.69, 9.17) is 0 Å². The molecule has 0 aromatic carbocycles. The Balaban J connectivity index is 1.74. The van der Waals surface area contributed by atoms with Crippen LogP contribution < -0.4 is 10.6 Å². The fraction of sp³-hybridized carbons (Fsp3) is 0.643. The number of nitrogens with one attached hydrogen (secondary N) is 2. The average Bonchev–Trinajstić information content (AvgIpc) is 2.39. The molecule has 2 rings (SSSR count). The molecule has 0 bridgehead atoms. The topological polar surface area (TPSA) is 66.9 Å². The largest absolute Gasteiger partial charge is 0.369 e. The van der Waals surface area contributed by atoms with Crippen LogP contribution in [-0.2, 0) is 0 Å². The molecule has 1 aliphatic carbocycles. The van der Waals surface area contributed by atoms with Gasteiger partial charge in [-0.3, -0.25) is 4.79 Å². The van der Waals surface area contributed by atoms with E-state index in [-0.39, 0.29) is 5.91 Å². The van der Waals surface area contributed by atoms with Crippen LogP contribution in [0.25, 0.3) is 0 Å². The Morgan fingerprint density at radius 1 is 1.32 bits per heavy atom. The molecule has 0 unspecified atom stereocenters. The number of hydrogen-bond acceptors (Lipinski definition) is 4. The van der Waals surface area contributed by atoms with E-state index < -0.39 is 0 Å². The predicted molar refractivity (Wildman–Crippen MR) is 75.1 cm³/mol. The van der Waals surface area contributed by atoms with Crippen molar-refractivity contribution in [2.75, 3.05) is 18.4 Å². The van der Waals surface area contributed by atoms with E-state index in [0.717, 1.165) is 31.8 Å². The van der Waals surface area contributed by atoms with E-state index in [1.807, 2.05) is 0 Å². The highest BCUT2D eigenvalue weighted by molar-refractivity contribution is 5.92. The lowest BCUT2D eigenvalue weighted by atomic mass is 9.83. The van der Waals surface area contributed by atoms with E-state index in [1.165, 1.54) is 19.3 Å². The lowest BCUT2D eigenvalue weighted by molar-refractivity contribution is 0.0943. The minimum absolute atomic E-state index is 0.131. The summed E-state index contributed by atoms with van der Waals surface area (Å²) in [7, 11) is 0. The molecule has 0 saturated heterocycles. The zero-order chi connectivity index (χ0) is 13.5. The molecule has 1 amide bonds. The molecule has 0 aliphatic heterocycles. The van der Waals surface area contributed by atoms with Gasteiger partial charge in [0.15, 0.2) is 5.69 Å². The Morgan fingerprint density at radius 3 is 2.74 bits per heavy atom. The maximum absolute atomic E-state index is 11.8. The van der Waals surface area contributed by atoms with Crippen molar-refractivity contribution in [3.05, 3.63) is 17.8 Å². The summed E-state index contributed by atoms with van der Waals surface area (Å²) < 4.78 is 0. The molecule has 1 aromatic heterocycles. The van der Waals surface area contributed by atoms with Gasteiger partial charge >= 0.3 is 0 Å². The summed E-state index contributed by atoms with van der Waals surface area (Å²) in [5.74, 6) is 1.40. The molecule has 5 heteroatoms. The third-order valence-electron chi connectivity index (χ3n) is 3.52. The van der Waals surface area contributed by atoms with Gasteiger partial charge in [0.05, 0.1) is 0 Å². The summed E-state index contributed by atoms with van der Waals surface area (Å²) in [6.07, 6.45) is 6.08. The summed E-state index contributed by atoms with van der Waals surface area (Å²) in [5.41, 5.74) is 0.385. The molecule has 1 aliphatic rings. The average molecular weight is 262 g/mol. The number of anilines is 1. The highest BCUT2D eigenvalue weighted by atomic mass is 16.1. The Kier molecular flexibility index (Phi) is 5.12. The van der Waals surface area contributed by atoms with Crippen molar-refractivity contribution in [1.82, 2.24) is 15.5 Å². The fourth-order valence-electron chi connectivity index (χ4n) is 2.06. The normalized spacial score (nSPS) is 14.8. The molecule has 1 aromatic rings. The molecule has 1 heterocycles. The van der Waals surface area contributed by atoms with Gasteiger partial charge in [-0.1, -0.05) is 26.2 Å². The highest BCUT2D eigenvalue weighted by Gasteiger charge is 2.17. The summed E-state index contributed by atoms with van der Waals surface area (Å²) in [6.45, 7) is 3.69. The van der Waals surface area contributed by atoms with Crippen molar-refractivity contribution in [1.29, 1.82) is 0 Å². The lowest BCUT2D eigenvalue weighted by Crippen LogP contribution is -2.28. The molecule has 0 atom stereocenters. The molecular weight excluding hydrogens is 240 g/mol. The van der Waals surface area contributed by atoms with E-state index in [1.54, 1.807) is 12.1 Å². The first kappa shape index (κ1) is 13.8. The summed E-state index contributed by atoms with van der Waals surface area (Å²) >= 11 is 0. The van der Waals surface area contributed by atoms with Crippen molar-refractivity contribution < 1.29 is 4.79 Å². The molecule has 19 heavy (non-hydrogen) atoms. The number of hydrogen-bond donors (Lipinski definition) is 2. The van der Waals surface area contributed by atoms with Crippen molar-refractivity contribution in [3.8, 4) is 0 Å². The molecule has 1 fully saturated rings. The molecule has 5 nitrogen and oxygen atoms in total. The van der Waals surface area contributed by atoms with E-state index in [0.29, 0.717) is 11.5 Å². The quantitative estimate of drug-likeness (QED) is 0.790. The van der Waals surface area contributed by atoms with Crippen LogP contribution >= 0.6 is 0 Å². The maximum atomic E-state index is 11.8. The van der Waals surface area contributed by atoms with Crippen molar-refractivity contribution in [3.63, 3.8) is 0 Å². The first-order valence-corrected chi connectivity index (χ1v) is 7.15. The Morgan fingerprint density at radius 2 is 2.16 bits per heavy atom. The van der Waals surface area contributed by atoms with Gasteiger partial charge in [-0.05, 0) is 30.9 Å². The third kappa shape index (κ3) is 4.19. The van der Waals surface area contributed by atoms with Crippen LogP contribution in [0, 0.1) is 5.92 Å². The number of amides is 1. The number of carbonyl (C=O) groups excluding carboxylic acids is 1. The monoisotopic (exact) mass is 262 g/mol. The Hall–Kier alpha value is -1.65. The second-order valence-electron chi connectivity index (χ2n) is 5.07. The first-order chi connectivity index (χ1) is 9.29. The van der Waals surface area contributed by atoms with Gasteiger partial charge in [0.2, 0.25) is 0 Å². The van der Waals surface area contributed by atoms with Crippen LogP contribution in [0.15, 0.2) is 12.1 Å². The first-order valence-electron chi connectivity index (χ1n) is 7.15. The van der Waals surface area contributed by atoms with Crippen molar-refractivity contribution >= 4 is 11.7 Å². The Bertz CT molecular complexity index is 400. The SMILES string of the molecule is CCCNc1ccc(C(=O)NCCC2CCC2)nn1. The van der Waals surface area contributed by atoms with Crippen LogP contribution in [0.2, 0.25) is 0 Å². The second-order valence-corrected chi connectivity index (χ2v) is 5.07. The zero-order valence-corrected chi connectivity index (χ0v) is 11.5. The summed E-state index contributed by atoms with van der Waals surface area (Å²) in [4.78, 5) is 11.8.